The highest BCUT2D eigenvalue weighted by atomic mass is 79.9. The van der Waals surface area contributed by atoms with Gasteiger partial charge in [-0.1, -0.05) is 6.07 Å². The first-order chi connectivity index (χ1) is 7.22. The van der Waals surface area contributed by atoms with Crippen molar-refractivity contribution in [2.24, 2.45) is 5.92 Å². The average molecular weight is 270 g/mol. The number of nitrogens with zero attached hydrogens (tertiary/aromatic N) is 1. The summed E-state index contributed by atoms with van der Waals surface area (Å²) in [7, 11) is 0. The quantitative estimate of drug-likeness (QED) is 0.625. The third-order valence-corrected chi connectivity index (χ3v) is 3.03. The molecule has 4 heteroatoms. The second kappa shape index (κ2) is 4.31. The number of halogens is 1. The Hall–Kier alpha value is -0.900. The minimum absolute atomic E-state index is 0.0490. The third-order valence-electron chi connectivity index (χ3n) is 2.56. The van der Waals surface area contributed by atoms with Gasteiger partial charge in [-0.3, -0.25) is 4.79 Å². The molecule has 2 rings (SSSR count). The Morgan fingerprint density at radius 2 is 2.47 bits per heavy atom. The van der Waals surface area contributed by atoms with Crippen LogP contribution in [0.2, 0.25) is 0 Å². The van der Waals surface area contributed by atoms with Gasteiger partial charge in [-0.15, -0.1) is 0 Å². The van der Waals surface area contributed by atoms with Crippen LogP contribution in [-0.4, -0.2) is 17.6 Å². The molecule has 0 unspecified atom stereocenters. The highest BCUT2D eigenvalue weighted by Crippen LogP contribution is 2.47. The summed E-state index contributed by atoms with van der Waals surface area (Å²) in [6, 6.07) is 3.90. The van der Waals surface area contributed by atoms with Gasteiger partial charge >= 0.3 is 5.97 Å². The number of carbonyl (C=O) groups excluding carboxylic acids is 1. The average Bonchev–Trinajstić information content (AvgIpc) is 2.99. The molecule has 0 N–H and O–H groups in total. The number of aromatic nitrogens is 1. The molecule has 3 nitrogen and oxygen atoms in total. The monoisotopic (exact) mass is 269 g/mol. The molecule has 1 aromatic rings. The SMILES string of the molecule is CCOC(=O)[C@H]1C[C@H]1c1ccc(Br)nc1. The number of esters is 1. The Kier molecular flexibility index (Phi) is 3.05. The second-order valence-corrected chi connectivity index (χ2v) is 4.43. The molecule has 1 aliphatic rings. The first-order valence-electron chi connectivity index (χ1n) is 5.00. The van der Waals surface area contributed by atoms with E-state index in [1.807, 2.05) is 25.3 Å². The lowest BCUT2D eigenvalue weighted by Gasteiger charge is -2.01. The Labute approximate surface area is 97.0 Å². The van der Waals surface area contributed by atoms with E-state index in [0.717, 1.165) is 16.6 Å². The molecule has 1 heterocycles. The van der Waals surface area contributed by atoms with Crippen LogP contribution in [0.15, 0.2) is 22.9 Å². The van der Waals surface area contributed by atoms with Crippen LogP contribution in [0.3, 0.4) is 0 Å². The molecule has 1 saturated carbocycles. The molecule has 1 aliphatic carbocycles. The van der Waals surface area contributed by atoms with Gasteiger partial charge < -0.3 is 4.74 Å². The first kappa shape index (κ1) is 10.6. The summed E-state index contributed by atoms with van der Waals surface area (Å²) in [5.74, 6) is 0.281. The van der Waals surface area contributed by atoms with Crippen molar-refractivity contribution in [2.45, 2.75) is 19.3 Å². The topological polar surface area (TPSA) is 39.2 Å². The lowest BCUT2D eigenvalue weighted by atomic mass is 10.1. The highest BCUT2D eigenvalue weighted by molar-refractivity contribution is 9.10. The van der Waals surface area contributed by atoms with Crippen LogP contribution in [0, 0.1) is 5.92 Å². The minimum Gasteiger partial charge on any atom is -0.466 e. The lowest BCUT2D eigenvalue weighted by molar-refractivity contribution is -0.144. The van der Waals surface area contributed by atoms with E-state index in [4.69, 9.17) is 4.74 Å². The Morgan fingerprint density at radius 1 is 1.67 bits per heavy atom. The van der Waals surface area contributed by atoms with Crippen molar-refractivity contribution in [3.05, 3.63) is 28.5 Å². The van der Waals surface area contributed by atoms with Crippen LogP contribution in [0.1, 0.15) is 24.8 Å². The molecule has 0 bridgehead atoms. The largest absolute Gasteiger partial charge is 0.466 e. The van der Waals surface area contributed by atoms with Crippen LogP contribution in [0.25, 0.3) is 0 Å². The molecule has 80 valence electrons. The van der Waals surface area contributed by atoms with E-state index in [-0.39, 0.29) is 11.9 Å². The van der Waals surface area contributed by atoms with Gasteiger partial charge in [0.2, 0.25) is 0 Å². The Morgan fingerprint density at radius 3 is 3.07 bits per heavy atom. The van der Waals surface area contributed by atoms with Gasteiger partial charge in [0.15, 0.2) is 0 Å². The molecule has 1 fully saturated rings. The summed E-state index contributed by atoms with van der Waals surface area (Å²) in [5, 5.41) is 0. The molecule has 0 radical (unpaired) electrons. The zero-order chi connectivity index (χ0) is 10.8. The fourth-order valence-electron chi connectivity index (χ4n) is 1.68. The fraction of sp³-hybridized carbons (Fsp3) is 0.455. The number of pyridine rings is 1. The van der Waals surface area contributed by atoms with Crippen LogP contribution >= 0.6 is 15.9 Å². The van der Waals surface area contributed by atoms with Crippen molar-refractivity contribution in [3.63, 3.8) is 0 Å². The number of ether oxygens (including phenoxy) is 1. The smallest absolute Gasteiger partial charge is 0.309 e. The third kappa shape index (κ3) is 2.37. The van der Waals surface area contributed by atoms with Gasteiger partial charge in [-0.05, 0) is 46.8 Å². The number of hydrogen-bond acceptors (Lipinski definition) is 3. The van der Waals surface area contributed by atoms with E-state index in [9.17, 15) is 4.79 Å². The zero-order valence-corrected chi connectivity index (χ0v) is 10.0. The number of carbonyl (C=O) groups is 1. The molecule has 15 heavy (non-hydrogen) atoms. The molecule has 0 aliphatic heterocycles. The molecule has 2 atom stereocenters. The van der Waals surface area contributed by atoms with Crippen molar-refractivity contribution < 1.29 is 9.53 Å². The highest BCUT2D eigenvalue weighted by Gasteiger charge is 2.45. The maximum atomic E-state index is 11.4. The van der Waals surface area contributed by atoms with Crippen molar-refractivity contribution in [1.82, 2.24) is 4.98 Å². The predicted octanol–water partition coefficient (Wildman–Crippen LogP) is 2.51. The van der Waals surface area contributed by atoms with E-state index in [1.165, 1.54) is 0 Å². The van der Waals surface area contributed by atoms with Gasteiger partial charge in [-0.25, -0.2) is 4.98 Å². The number of hydrogen-bond donors (Lipinski definition) is 0. The molecule has 0 aromatic carbocycles. The summed E-state index contributed by atoms with van der Waals surface area (Å²) in [4.78, 5) is 15.5. The molecular formula is C11H12BrNO2. The normalized spacial score (nSPS) is 23.6. The van der Waals surface area contributed by atoms with Crippen LogP contribution in [-0.2, 0) is 9.53 Å². The Bertz CT molecular complexity index is 363. The molecule has 0 amide bonds. The molecule has 1 aromatic heterocycles. The summed E-state index contributed by atoms with van der Waals surface area (Å²) >= 11 is 3.28. The maximum absolute atomic E-state index is 11.4. The zero-order valence-electron chi connectivity index (χ0n) is 8.44. The van der Waals surface area contributed by atoms with Crippen molar-refractivity contribution in [1.29, 1.82) is 0 Å². The molecule has 0 saturated heterocycles. The van der Waals surface area contributed by atoms with E-state index in [2.05, 4.69) is 20.9 Å². The van der Waals surface area contributed by atoms with E-state index >= 15 is 0 Å². The van der Waals surface area contributed by atoms with Gasteiger partial charge in [0.05, 0.1) is 12.5 Å². The van der Waals surface area contributed by atoms with Crippen LogP contribution in [0.5, 0.6) is 0 Å². The summed E-state index contributed by atoms with van der Waals surface area (Å²) < 4.78 is 5.79. The van der Waals surface area contributed by atoms with Gasteiger partial charge in [-0.2, -0.15) is 0 Å². The van der Waals surface area contributed by atoms with Crippen molar-refractivity contribution >= 4 is 21.9 Å². The summed E-state index contributed by atoms with van der Waals surface area (Å²) in [6.45, 7) is 2.29. The van der Waals surface area contributed by atoms with Gasteiger partial charge in [0.25, 0.3) is 0 Å². The Balaban J connectivity index is 1.98. The second-order valence-electron chi connectivity index (χ2n) is 3.61. The van der Waals surface area contributed by atoms with E-state index in [1.54, 1.807) is 0 Å². The van der Waals surface area contributed by atoms with Crippen molar-refractivity contribution in [3.8, 4) is 0 Å². The van der Waals surface area contributed by atoms with Crippen LogP contribution in [0.4, 0.5) is 0 Å². The van der Waals surface area contributed by atoms with Crippen LogP contribution < -0.4 is 0 Å². The minimum atomic E-state index is -0.0783. The predicted molar refractivity (Wildman–Crippen MR) is 59.4 cm³/mol. The standard InChI is InChI=1S/C11H12BrNO2/c1-2-15-11(14)9-5-8(9)7-3-4-10(12)13-6-7/h3-4,6,8-9H,2,5H2,1H3/t8-,9-/m0/s1. The van der Waals surface area contributed by atoms with Crippen molar-refractivity contribution in [2.75, 3.05) is 6.61 Å². The van der Waals surface area contributed by atoms with Gasteiger partial charge in [0.1, 0.15) is 4.60 Å². The molecular weight excluding hydrogens is 258 g/mol. The first-order valence-corrected chi connectivity index (χ1v) is 5.79. The van der Waals surface area contributed by atoms with Gasteiger partial charge in [0, 0.05) is 6.20 Å². The lowest BCUT2D eigenvalue weighted by Crippen LogP contribution is -2.07. The molecule has 0 spiro atoms. The maximum Gasteiger partial charge on any atom is 0.309 e. The fourth-order valence-corrected chi connectivity index (χ4v) is 1.91. The number of rotatable bonds is 3. The summed E-state index contributed by atoms with van der Waals surface area (Å²) in [6.07, 6.45) is 2.70. The van der Waals surface area contributed by atoms with E-state index in [0.29, 0.717) is 12.5 Å². The van der Waals surface area contributed by atoms with E-state index < -0.39 is 0 Å². The summed E-state index contributed by atoms with van der Waals surface area (Å²) in [5.41, 5.74) is 1.12.